The number of rotatable bonds is 3. The largest absolute Gasteiger partial charge is 0.507 e. The van der Waals surface area contributed by atoms with Gasteiger partial charge in [-0.2, -0.15) is 0 Å². The number of aromatic hydroxyl groups is 1. The summed E-state index contributed by atoms with van der Waals surface area (Å²) in [6, 6.07) is 4.88. The standard InChI is InChI=1S/C14H18BrNO3/c15-12-4-3-11(8-13(12)18)14(19)16-6-1-2-10(9-16)5-7-17/h3-4,8,10,17-18H,1-2,5-7,9H2. The smallest absolute Gasteiger partial charge is 0.253 e. The van der Waals surface area contributed by atoms with E-state index in [1.165, 1.54) is 6.07 Å². The lowest BCUT2D eigenvalue weighted by Gasteiger charge is -2.32. The van der Waals surface area contributed by atoms with Gasteiger partial charge in [-0.3, -0.25) is 4.79 Å². The van der Waals surface area contributed by atoms with Crippen LogP contribution in [0, 0.1) is 5.92 Å². The molecular formula is C14H18BrNO3. The Morgan fingerprint density at radius 1 is 1.47 bits per heavy atom. The van der Waals surface area contributed by atoms with Crippen LogP contribution in [0.1, 0.15) is 29.6 Å². The van der Waals surface area contributed by atoms with Crippen molar-refractivity contribution < 1.29 is 15.0 Å². The number of phenolic OH excluding ortho intramolecular Hbond substituents is 1. The second-order valence-corrected chi connectivity index (χ2v) is 5.79. The molecule has 1 atom stereocenters. The summed E-state index contributed by atoms with van der Waals surface area (Å²) in [6.45, 7) is 1.61. The Hall–Kier alpha value is -1.07. The lowest BCUT2D eigenvalue weighted by atomic mass is 9.94. The molecule has 19 heavy (non-hydrogen) atoms. The number of amides is 1. The normalized spacial score (nSPS) is 19.5. The molecule has 1 aliphatic rings. The number of halogens is 1. The Balaban J connectivity index is 2.08. The highest BCUT2D eigenvalue weighted by molar-refractivity contribution is 9.10. The van der Waals surface area contributed by atoms with Gasteiger partial charge in [-0.05, 0) is 59.3 Å². The fraction of sp³-hybridized carbons (Fsp3) is 0.500. The molecule has 0 spiro atoms. The molecule has 0 aliphatic carbocycles. The van der Waals surface area contributed by atoms with Crippen molar-refractivity contribution in [3.05, 3.63) is 28.2 Å². The van der Waals surface area contributed by atoms with E-state index in [-0.39, 0.29) is 18.3 Å². The molecule has 1 aliphatic heterocycles. The van der Waals surface area contributed by atoms with E-state index < -0.39 is 0 Å². The van der Waals surface area contributed by atoms with Crippen molar-refractivity contribution in [1.82, 2.24) is 4.90 Å². The Bertz CT molecular complexity index is 462. The number of aliphatic hydroxyl groups is 1. The molecule has 0 saturated carbocycles. The molecule has 4 nitrogen and oxygen atoms in total. The van der Waals surface area contributed by atoms with Gasteiger partial charge in [0.1, 0.15) is 5.75 Å². The minimum Gasteiger partial charge on any atom is -0.507 e. The number of hydrogen-bond donors (Lipinski definition) is 2. The van der Waals surface area contributed by atoms with Crippen LogP contribution in [0.2, 0.25) is 0 Å². The van der Waals surface area contributed by atoms with Gasteiger partial charge >= 0.3 is 0 Å². The van der Waals surface area contributed by atoms with Crippen molar-refractivity contribution in [3.8, 4) is 5.75 Å². The molecule has 1 heterocycles. The highest BCUT2D eigenvalue weighted by atomic mass is 79.9. The third kappa shape index (κ3) is 3.48. The predicted octanol–water partition coefficient (Wildman–Crippen LogP) is 2.39. The van der Waals surface area contributed by atoms with E-state index in [0.717, 1.165) is 25.8 Å². The zero-order valence-electron chi connectivity index (χ0n) is 10.7. The topological polar surface area (TPSA) is 60.8 Å². The zero-order valence-corrected chi connectivity index (χ0v) is 12.3. The summed E-state index contributed by atoms with van der Waals surface area (Å²) in [5.74, 6) is 0.409. The van der Waals surface area contributed by atoms with Crippen LogP contribution in [0.15, 0.2) is 22.7 Å². The van der Waals surface area contributed by atoms with Gasteiger partial charge in [0, 0.05) is 25.3 Å². The Morgan fingerprint density at radius 3 is 2.95 bits per heavy atom. The summed E-state index contributed by atoms with van der Waals surface area (Å²) in [5, 5.41) is 18.6. The molecule has 0 aromatic heterocycles. The SMILES string of the molecule is O=C(c1ccc(Br)c(O)c1)N1CCCC(CCO)C1. The third-order valence-electron chi connectivity index (χ3n) is 3.54. The summed E-state index contributed by atoms with van der Waals surface area (Å²) in [6.07, 6.45) is 2.78. The van der Waals surface area contributed by atoms with Gasteiger partial charge in [-0.15, -0.1) is 0 Å². The maximum atomic E-state index is 12.4. The van der Waals surface area contributed by atoms with Crippen molar-refractivity contribution >= 4 is 21.8 Å². The van der Waals surface area contributed by atoms with E-state index in [1.807, 2.05) is 4.90 Å². The molecule has 104 valence electrons. The molecule has 1 fully saturated rings. The number of piperidine rings is 1. The number of hydrogen-bond acceptors (Lipinski definition) is 3. The Labute approximate surface area is 121 Å². The quantitative estimate of drug-likeness (QED) is 0.896. The van der Waals surface area contributed by atoms with E-state index in [1.54, 1.807) is 12.1 Å². The molecule has 0 bridgehead atoms. The van der Waals surface area contributed by atoms with Gasteiger partial charge in [0.05, 0.1) is 4.47 Å². The summed E-state index contributed by atoms with van der Waals surface area (Å²) in [5.41, 5.74) is 0.505. The Kier molecular flexibility index (Phi) is 4.82. The molecule has 0 radical (unpaired) electrons. The number of nitrogens with zero attached hydrogens (tertiary/aromatic N) is 1. The van der Waals surface area contributed by atoms with Crippen LogP contribution >= 0.6 is 15.9 Å². The molecule has 1 saturated heterocycles. The lowest BCUT2D eigenvalue weighted by molar-refractivity contribution is 0.0653. The molecule has 2 N–H and O–H groups in total. The average Bonchev–Trinajstić information content (AvgIpc) is 2.42. The maximum Gasteiger partial charge on any atom is 0.253 e. The van der Waals surface area contributed by atoms with Crippen LogP contribution in [-0.4, -0.2) is 40.7 Å². The first-order chi connectivity index (χ1) is 9.11. The van der Waals surface area contributed by atoms with E-state index in [0.29, 0.717) is 22.5 Å². The number of carbonyl (C=O) groups is 1. The first kappa shape index (κ1) is 14.3. The first-order valence-electron chi connectivity index (χ1n) is 6.50. The maximum absolute atomic E-state index is 12.4. The summed E-state index contributed by atoms with van der Waals surface area (Å²) >= 11 is 3.20. The van der Waals surface area contributed by atoms with Crippen LogP contribution in [0.3, 0.4) is 0 Å². The van der Waals surface area contributed by atoms with Crippen LogP contribution in [0.4, 0.5) is 0 Å². The monoisotopic (exact) mass is 327 g/mol. The second kappa shape index (κ2) is 6.39. The molecule has 1 amide bonds. The van der Waals surface area contributed by atoms with Crippen LogP contribution in [0.25, 0.3) is 0 Å². The predicted molar refractivity (Wildman–Crippen MR) is 76.1 cm³/mol. The van der Waals surface area contributed by atoms with Crippen LogP contribution in [-0.2, 0) is 0 Å². The van der Waals surface area contributed by atoms with Crippen LogP contribution < -0.4 is 0 Å². The average molecular weight is 328 g/mol. The van der Waals surface area contributed by atoms with E-state index in [9.17, 15) is 9.90 Å². The van der Waals surface area contributed by atoms with Gasteiger partial charge < -0.3 is 15.1 Å². The zero-order chi connectivity index (χ0) is 13.8. The molecule has 1 unspecified atom stereocenters. The minimum absolute atomic E-state index is 0.0505. The van der Waals surface area contributed by atoms with Crippen molar-refractivity contribution in [2.75, 3.05) is 19.7 Å². The lowest BCUT2D eigenvalue weighted by Crippen LogP contribution is -2.40. The minimum atomic E-state index is -0.0505. The van der Waals surface area contributed by atoms with E-state index in [4.69, 9.17) is 5.11 Å². The number of likely N-dealkylation sites (tertiary alicyclic amines) is 1. The van der Waals surface area contributed by atoms with Crippen molar-refractivity contribution in [2.45, 2.75) is 19.3 Å². The molecule has 1 aromatic rings. The fourth-order valence-electron chi connectivity index (χ4n) is 2.50. The highest BCUT2D eigenvalue weighted by Crippen LogP contribution is 2.26. The summed E-state index contributed by atoms with van der Waals surface area (Å²) in [7, 11) is 0. The van der Waals surface area contributed by atoms with Crippen molar-refractivity contribution in [1.29, 1.82) is 0 Å². The molecular weight excluding hydrogens is 310 g/mol. The molecule has 2 rings (SSSR count). The summed E-state index contributed by atoms with van der Waals surface area (Å²) < 4.78 is 0.584. The van der Waals surface area contributed by atoms with Gasteiger partial charge in [0.25, 0.3) is 5.91 Å². The number of carbonyl (C=O) groups excluding carboxylic acids is 1. The van der Waals surface area contributed by atoms with Crippen LogP contribution in [0.5, 0.6) is 5.75 Å². The second-order valence-electron chi connectivity index (χ2n) is 4.94. The highest BCUT2D eigenvalue weighted by Gasteiger charge is 2.24. The van der Waals surface area contributed by atoms with E-state index in [2.05, 4.69) is 15.9 Å². The van der Waals surface area contributed by atoms with Gasteiger partial charge in [0.15, 0.2) is 0 Å². The number of aliphatic hydroxyl groups excluding tert-OH is 1. The fourth-order valence-corrected chi connectivity index (χ4v) is 2.74. The van der Waals surface area contributed by atoms with Gasteiger partial charge in [-0.1, -0.05) is 0 Å². The van der Waals surface area contributed by atoms with Crippen molar-refractivity contribution in [3.63, 3.8) is 0 Å². The summed E-state index contributed by atoms with van der Waals surface area (Å²) in [4.78, 5) is 14.2. The third-order valence-corrected chi connectivity index (χ3v) is 4.21. The first-order valence-corrected chi connectivity index (χ1v) is 7.29. The van der Waals surface area contributed by atoms with Gasteiger partial charge in [-0.25, -0.2) is 0 Å². The molecule has 5 heteroatoms. The Morgan fingerprint density at radius 2 is 2.26 bits per heavy atom. The molecule has 1 aromatic carbocycles. The van der Waals surface area contributed by atoms with Gasteiger partial charge in [0.2, 0.25) is 0 Å². The van der Waals surface area contributed by atoms with Crippen molar-refractivity contribution in [2.24, 2.45) is 5.92 Å². The number of phenols is 1. The van der Waals surface area contributed by atoms with E-state index >= 15 is 0 Å². The number of benzene rings is 1.